The molecule has 0 aliphatic heterocycles. The molecule has 0 heterocycles. The predicted octanol–water partition coefficient (Wildman–Crippen LogP) is 2.01. The van der Waals surface area contributed by atoms with Crippen LogP contribution >= 0.6 is 0 Å². The molecule has 1 atom stereocenters. The van der Waals surface area contributed by atoms with Crippen LogP contribution in [0.2, 0.25) is 0 Å². The second-order valence-corrected chi connectivity index (χ2v) is 4.77. The normalized spacial score (nSPS) is 13.6. The van der Waals surface area contributed by atoms with Gasteiger partial charge in [-0.1, -0.05) is 6.92 Å². The number of carbonyl (C=O) groups excluding carboxylic acids is 1. The second-order valence-electron chi connectivity index (χ2n) is 4.77. The first-order chi connectivity index (χ1) is 9.33. The van der Waals surface area contributed by atoms with E-state index < -0.39 is 27.9 Å². The van der Waals surface area contributed by atoms with Gasteiger partial charge in [0.1, 0.15) is 0 Å². The summed E-state index contributed by atoms with van der Waals surface area (Å²) in [4.78, 5) is 21.8. The van der Waals surface area contributed by atoms with Gasteiger partial charge in [-0.05, 0) is 31.9 Å². The van der Waals surface area contributed by atoms with Crippen LogP contribution in [0.3, 0.4) is 0 Å². The van der Waals surface area contributed by atoms with Crippen LogP contribution < -0.4 is 5.32 Å². The Kier molecular flexibility index (Phi) is 5.15. The van der Waals surface area contributed by atoms with Gasteiger partial charge in [-0.3, -0.25) is 14.9 Å². The summed E-state index contributed by atoms with van der Waals surface area (Å²) in [6, 6.07) is 2.98. The summed E-state index contributed by atoms with van der Waals surface area (Å²) in [5, 5.41) is 22.3. The average Bonchev–Trinajstić information content (AvgIpc) is 2.39. The fourth-order valence-electron chi connectivity index (χ4n) is 1.71. The van der Waals surface area contributed by atoms with Gasteiger partial charge >= 0.3 is 5.69 Å². The number of halogens is 1. The van der Waals surface area contributed by atoms with Crippen molar-refractivity contribution in [3.8, 4) is 0 Å². The molecule has 0 bridgehead atoms. The first-order valence-corrected chi connectivity index (χ1v) is 6.20. The molecule has 1 amide bonds. The Labute approximate surface area is 115 Å². The SMILES string of the molecule is CCC(C)(CCO)NC(=O)c1ccc(F)c([N+](=O)[O-])c1. The van der Waals surface area contributed by atoms with E-state index in [0.717, 1.165) is 12.1 Å². The van der Waals surface area contributed by atoms with E-state index in [1.54, 1.807) is 6.92 Å². The smallest absolute Gasteiger partial charge is 0.305 e. The van der Waals surface area contributed by atoms with Crippen LogP contribution in [0.15, 0.2) is 18.2 Å². The molecule has 0 fully saturated rings. The molecular weight excluding hydrogens is 267 g/mol. The number of nitrogens with one attached hydrogen (secondary N) is 1. The zero-order valence-corrected chi connectivity index (χ0v) is 11.4. The van der Waals surface area contributed by atoms with E-state index in [1.807, 2.05) is 6.92 Å². The molecule has 0 aromatic heterocycles. The van der Waals surface area contributed by atoms with Crippen molar-refractivity contribution in [2.75, 3.05) is 6.61 Å². The maximum absolute atomic E-state index is 13.2. The highest BCUT2D eigenvalue weighted by Crippen LogP contribution is 2.20. The van der Waals surface area contributed by atoms with Crippen LogP contribution in [-0.4, -0.2) is 28.1 Å². The molecule has 1 aromatic carbocycles. The number of hydrogen-bond donors (Lipinski definition) is 2. The molecule has 110 valence electrons. The average molecular weight is 284 g/mol. The number of amides is 1. The Morgan fingerprint density at radius 3 is 2.70 bits per heavy atom. The Hall–Kier alpha value is -2.02. The van der Waals surface area contributed by atoms with Gasteiger partial charge in [0.15, 0.2) is 0 Å². The molecule has 1 unspecified atom stereocenters. The summed E-state index contributed by atoms with van der Waals surface area (Å²) in [7, 11) is 0. The van der Waals surface area contributed by atoms with E-state index in [0.29, 0.717) is 12.8 Å². The summed E-state index contributed by atoms with van der Waals surface area (Å²) in [5.41, 5.74) is -1.34. The van der Waals surface area contributed by atoms with Crippen molar-refractivity contribution in [3.63, 3.8) is 0 Å². The lowest BCUT2D eigenvalue weighted by atomic mass is 9.94. The van der Waals surface area contributed by atoms with Crippen LogP contribution in [0.5, 0.6) is 0 Å². The number of nitro groups is 1. The highest BCUT2D eigenvalue weighted by molar-refractivity contribution is 5.95. The van der Waals surface area contributed by atoms with Crippen LogP contribution in [-0.2, 0) is 0 Å². The Morgan fingerprint density at radius 2 is 2.20 bits per heavy atom. The largest absolute Gasteiger partial charge is 0.396 e. The first-order valence-electron chi connectivity index (χ1n) is 6.20. The molecule has 0 saturated carbocycles. The van der Waals surface area contributed by atoms with Gasteiger partial charge in [0.25, 0.3) is 5.91 Å². The molecule has 0 spiro atoms. The third-order valence-electron chi connectivity index (χ3n) is 3.26. The lowest BCUT2D eigenvalue weighted by Gasteiger charge is -2.29. The molecule has 2 N–H and O–H groups in total. The number of hydrogen-bond acceptors (Lipinski definition) is 4. The topological polar surface area (TPSA) is 92.5 Å². The van der Waals surface area contributed by atoms with E-state index in [-0.39, 0.29) is 12.2 Å². The molecule has 0 aliphatic carbocycles. The zero-order chi connectivity index (χ0) is 15.3. The lowest BCUT2D eigenvalue weighted by molar-refractivity contribution is -0.387. The van der Waals surface area contributed by atoms with Gasteiger partial charge in [0.05, 0.1) is 4.92 Å². The van der Waals surface area contributed by atoms with Crippen molar-refractivity contribution in [1.82, 2.24) is 5.32 Å². The van der Waals surface area contributed by atoms with Gasteiger partial charge in [-0.15, -0.1) is 0 Å². The first kappa shape index (κ1) is 16.0. The highest BCUT2D eigenvalue weighted by Gasteiger charge is 2.25. The van der Waals surface area contributed by atoms with Crippen LogP contribution in [0.1, 0.15) is 37.0 Å². The van der Waals surface area contributed by atoms with Crippen LogP contribution in [0, 0.1) is 15.9 Å². The van der Waals surface area contributed by atoms with E-state index >= 15 is 0 Å². The molecule has 1 aromatic rings. The number of nitrogens with zero attached hydrogens (tertiary/aromatic N) is 1. The molecule has 0 saturated heterocycles. The standard InChI is InChI=1S/C13H17FN2O4/c1-3-13(2,6-7-17)15-12(18)9-4-5-10(14)11(8-9)16(19)20/h4-5,8,17H,3,6-7H2,1-2H3,(H,15,18). The fourth-order valence-corrected chi connectivity index (χ4v) is 1.71. The minimum atomic E-state index is -0.986. The summed E-state index contributed by atoms with van der Waals surface area (Å²) in [6.07, 6.45) is 0.946. The van der Waals surface area contributed by atoms with Gasteiger partial charge in [0, 0.05) is 23.8 Å². The summed E-state index contributed by atoms with van der Waals surface area (Å²) in [6.45, 7) is 3.52. The Balaban J connectivity index is 2.98. The molecule has 20 heavy (non-hydrogen) atoms. The molecule has 7 heteroatoms. The van der Waals surface area contributed by atoms with Gasteiger partial charge in [0.2, 0.25) is 5.82 Å². The Morgan fingerprint density at radius 1 is 1.55 bits per heavy atom. The highest BCUT2D eigenvalue weighted by atomic mass is 19.1. The molecule has 1 rings (SSSR count). The van der Waals surface area contributed by atoms with Crippen molar-refractivity contribution in [2.24, 2.45) is 0 Å². The number of aliphatic hydroxyl groups is 1. The number of carbonyl (C=O) groups is 1. The number of rotatable bonds is 6. The summed E-state index contributed by atoms with van der Waals surface area (Å²) in [5.74, 6) is -1.52. The van der Waals surface area contributed by atoms with Gasteiger partial charge in [-0.2, -0.15) is 4.39 Å². The lowest BCUT2D eigenvalue weighted by Crippen LogP contribution is -2.46. The van der Waals surface area contributed by atoms with E-state index in [2.05, 4.69) is 5.32 Å². The molecule has 0 radical (unpaired) electrons. The van der Waals surface area contributed by atoms with E-state index in [1.165, 1.54) is 6.07 Å². The maximum atomic E-state index is 13.2. The zero-order valence-electron chi connectivity index (χ0n) is 11.4. The van der Waals surface area contributed by atoms with Crippen LogP contribution in [0.4, 0.5) is 10.1 Å². The van der Waals surface area contributed by atoms with Gasteiger partial charge in [-0.25, -0.2) is 0 Å². The fraction of sp³-hybridized carbons (Fsp3) is 0.462. The van der Waals surface area contributed by atoms with Gasteiger partial charge < -0.3 is 10.4 Å². The quantitative estimate of drug-likeness (QED) is 0.617. The summed E-state index contributed by atoms with van der Waals surface area (Å²) < 4.78 is 13.2. The summed E-state index contributed by atoms with van der Waals surface area (Å²) >= 11 is 0. The van der Waals surface area contributed by atoms with E-state index in [4.69, 9.17) is 5.11 Å². The minimum Gasteiger partial charge on any atom is -0.396 e. The third kappa shape index (κ3) is 3.74. The van der Waals surface area contributed by atoms with Crippen molar-refractivity contribution in [3.05, 3.63) is 39.7 Å². The van der Waals surface area contributed by atoms with Crippen molar-refractivity contribution in [2.45, 2.75) is 32.2 Å². The molecule has 6 nitrogen and oxygen atoms in total. The van der Waals surface area contributed by atoms with Crippen LogP contribution in [0.25, 0.3) is 0 Å². The molecule has 0 aliphatic rings. The van der Waals surface area contributed by atoms with Crippen molar-refractivity contribution >= 4 is 11.6 Å². The van der Waals surface area contributed by atoms with Crippen molar-refractivity contribution < 1.29 is 19.2 Å². The third-order valence-corrected chi connectivity index (χ3v) is 3.26. The van der Waals surface area contributed by atoms with Crippen molar-refractivity contribution in [1.29, 1.82) is 0 Å². The predicted molar refractivity (Wildman–Crippen MR) is 70.9 cm³/mol. The number of nitro benzene ring substituents is 1. The number of aliphatic hydroxyl groups excluding tert-OH is 1. The molecular formula is C13H17FN2O4. The Bertz CT molecular complexity index is 521. The van der Waals surface area contributed by atoms with E-state index in [9.17, 15) is 19.3 Å². The monoisotopic (exact) mass is 284 g/mol. The number of benzene rings is 1. The second kappa shape index (κ2) is 6.42. The maximum Gasteiger partial charge on any atom is 0.305 e. The minimum absolute atomic E-state index is 0.00992.